The third-order valence-corrected chi connectivity index (χ3v) is 6.79. The molecule has 0 unspecified atom stereocenters. The highest BCUT2D eigenvalue weighted by Crippen LogP contribution is 2.39. The second-order valence-electron chi connectivity index (χ2n) is 8.69. The number of rotatable bonds is 2. The molecule has 160 valence electrons. The number of aromatic nitrogens is 2. The van der Waals surface area contributed by atoms with Crippen LogP contribution in [-0.2, 0) is 0 Å². The molecule has 0 radical (unpaired) electrons. The van der Waals surface area contributed by atoms with Crippen LogP contribution in [-0.4, -0.2) is 9.97 Å². The topological polar surface area (TPSA) is 38.9 Å². The van der Waals surface area contributed by atoms with Crippen molar-refractivity contribution in [3.63, 3.8) is 0 Å². The summed E-state index contributed by atoms with van der Waals surface area (Å²) in [7, 11) is 0. The molecule has 0 saturated heterocycles. The second-order valence-corrected chi connectivity index (χ2v) is 8.69. The average molecular weight is 437 g/mol. The molecule has 0 N–H and O–H groups in total. The summed E-state index contributed by atoms with van der Waals surface area (Å²) in [5, 5.41) is 5.72. The van der Waals surface area contributed by atoms with Crippen LogP contribution in [0.5, 0.6) is 0 Å². The van der Waals surface area contributed by atoms with Crippen LogP contribution < -0.4 is 0 Å². The maximum atomic E-state index is 6.53. The van der Waals surface area contributed by atoms with Gasteiger partial charge in [0.05, 0.1) is 11.2 Å². The molecule has 0 bridgehead atoms. The summed E-state index contributed by atoms with van der Waals surface area (Å²) in [5.74, 6) is 0. The number of benzene rings is 4. The van der Waals surface area contributed by atoms with Crippen LogP contribution >= 0.6 is 0 Å². The normalized spacial score (nSPS) is 11.7. The van der Waals surface area contributed by atoms with Gasteiger partial charge >= 0.3 is 0 Å². The predicted molar refractivity (Wildman–Crippen MR) is 140 cm³/mol. The minimum atomic E-state index is 0.873. The van der Waals surface area contributed by atoms with Gasteiger partial charge in [-0.3, -0.25) is 9.97 Å². The van der Waals surface area contributed by atoms with Gasteiger partial charge in [-0.25, -0.2) is 0 Å². The van der Waals surface area contributed by atoms with E-state index in [-0.39, 0.29) is 0 Å². The van der Waals surface area contributed by atoms with Crippen LogP contribution in [0.3, 0.4) is 0 Å². The Morgan fingerprint density at radius 2 is 1.44 bits per heavy atom. The molecule has 3 aromatic heterocycles. The highest BCUT2D eigenvalue weighted by Gasteiger charge is 2.16. The fraction of sp³-hybridized carbons (Fsp3) is 0.0323. The van der Waals surface area contributed by atoms with Crippen molar-refractivity contribution in [2.75, 3.05) is 0 Å². The average Bonchev–Trinajstić information content (AvgIpc) is 3.29. The Hall–Kier alpha value is -4.50. The summed E-state index contributed by atoms with van der Waals surface area (Å²) in [6.45, 7) is 2.16. The molecule has 0 saturated carbocycles. The van der Waals surface area contributed by atoms with Crippen molar-refractivity contribution in [3.05, 3.63) is 109 Å². The first-order valence-electron chi connectivity index (χ1n) is 11.4. The summed E-state index contributed by atoms with van der Waals surface area (Å²) in [6, 6.07) is 31.6. The fourth-order valence-electron chi connectivity index (χ4n) is 5.09. The number of furan rings is 1. The van der Waals surface area contributed by atoms with Crippen LogP contribution in [0.4, 0.5) is 0 Å². The minimum Gasteiger partial charge on any atom is -0.455 e. The van der Waals surface area contributed by atoms with E-state index in [0.29, 0.717) is 0 Å². The molecule has 0 aliphatic carbocycles. The Bertz CT molecular complexity index is 1880. The molecule has 3 nitrogen and oxygen atoms in total. The molecule has 7 rings (SSSR count). The molecule has 3 heteroatoms. The highest BCUT2D eigenvalue weighted by molar-refractivity contribution is 6.17. The molecular weight excluding hydrogens is 416 g/mol. The standard InChI is InChI=1S/C31H20N2O/c1-19-22(13-14-28-23(19)10-5-16-32-28)21-15-17-33-29(18-21)27-9-4-8-25-26-12-11-20-6-2-3-7-24(20)30(26)34-31(25)27/h2-18H,1H3. The van der Waals surface area contributed by atoms with Gasteiger partial charge in [0.15, 0.2) is 0 Å². The Kier molecular flexibility index (Phi) is 4.06. The summed E-state index contributed by atoms with van der Waals surface area (Å²) >= 11 is 0. The van der Waals surface area contributed by atoms with Gasteiger partial charge in [-0.05, 0) is 65.4 Å². The first-order valence-corrected chi connectivity index (χ1v) is 11.4. The van der Waals surface area contributed by atoms with Crippen molar-refractivity contribution in [3.8, 4) is 22.4 Å². The number of nitrogens with zero attached hydrogens (tertiary/aromatic N) is 2. The lowest BCUT2D eigenvalue weighted by molar-refractivity contribution is 0.673. The zero-order valence-corrected chi connectivity index (χ0v) is 18.6. The molecule has 0 amide bonds. The summed E-state index contributed by atoms with van der Waals surface area (Å²) in [4.78, 5) is 9.23. The van der Waals surface area contributed by atoms with Gasteiger partial charge in [0.25, 0.3) is 0 Å². The van der Waals surface area contributed by atoms with E-state index in [9.17, 15) is 0 Å². The SMILES string of the molecule is Cc1c(-c2ccnc(-c3cccc4c3oc3c5ccccc5ccc43)c2)ccc2ncccc12. The lowest BCUT2D eigenvalue weighted by atomic mass is 9.96. The molecule has 0 aliphatic rings. The lowest BCUT2D eigenvalue weighted by Gasteiger charge is -2.11. The van der Waals surface area contributed by atoms with Crippen molar-refractivity contribution in [2.45, 2.75) is 6.92 Å². The van der Waals surface area contributed by atoms with Gasteiger partial charge in [0.1, 0.15) is 11.2 Å². The first-order chi connectivity index (χ1) is 16.8. The van der Waals surface area contributed by atoms with Crippen LogP contribution in [0.25, 0.3) is 66.0 Å². The van der Waals surface area contributed by atoms with Crippen molar-refractivity contribution >= 4 is 43.6 Å². The lowest BCUT2D eigenvalue weighted by Crippen LogP contribution is -1.90. The van der Waals surface area contributed by atoms with Crippen molar-refractivity contribution in [2.24, 2.45) is 0 Å². The van der Waals surface area contributed by atoms with Crippen LogP contribution in [0, 0.1) is 6.92 Å². The van der Waals surface area contributed by atoms with Gasteiger partial charge in [-0.1, -0.05) is 54.6 Å². The van der Waals surface area contributed by atoms with Crippen LogP contribution in [0.1, 0.15) is 5.56 Å². The van der Waals surface area contributed by atoms with E-state index in [1.54, 1.807) is 0 Å². The van der Waals surface area contributed by atoms with Crippen LogP contribution in [0.2, 0.25) is 0 Å². The fourth-order valence-corrected chi connectivity index (χ4v) is 5.09. The van der Waals surface area contributed by atoms with Crippen molar-refractivity contribution in [1.82, 2.24) is 9.97 Å². The van der Waals surface area contributed by atoms with Crippen molar-refractivity contribution in [1.29, 1.82) is 0 Å². The van der Waals surface area contributed by atoms with Gasteiger partial charge in [0.2, 0.25) is 0 Å². The van der Waals surface area contributed by atoms with E-state index < -0.39 is 0 Å². The predicted octanol–water partition coefficient (Wildman–Crippen LogP) is 8.32. The second kappa shape index (κ2) is 7.26. The summed E-state index contributed by atoms with van der Waals surface area (Å²) in [6.07, 6.45) is 3.72. The summed E-state index contributed by atoms with van der Waals surface area (Å²) < 4.78 is 6.53. The molecular formula is C31H20N2O. The quantitative estimate of drug-likeness (QED) is 0.273. The van der Waals surface area contributed by atoms with Gasteiger partial charge in [0, 0.05) is 39.5 Å². The van der Waals surface area contributed by atoms with Gasteiger partial charge in [-0.2, -0.15) is 0 Å². The third-order valence-electron chi connectivity index (χ3n) is 6.79. The van der Waals surface area contributed by atoms with E-state index in [0.717, 1.165) is 49.7 Å². The van der Waals surface area contributed by atoms with E-state index in [1.807, 2.05) is 18.5 Å². The summed E-state index contributed by atoms with van der Waals surface area (Å²) in [5.41, 5.74) is 8.25. The van der Waals surface area contributed by atoms with E-state index in [2.05, 4.69) is 96.8 Å². The first kappa shape index (κ1) is 19.0. The van der Waals surface area contributed by atoms with E-state index >= 15 is 0 Å². The number of hydrogen-bond acceptors (Lipinski definition) is 3. The minimum absolute atomic E-state index is 0.873. The Labute approximate surface area is 196 Å². The highest BCUT2D eigenvalue weighted by atomic mass is 16.3. The largest absolute Gasteiger partial charge is 0.455 e. The number of aryl methyl sites for hydroxylation is 1. The molecule has 4 aromatic carbocycles. The molecule has 0 spiro atoms. The Morgan fingerprint density at radius 3 is 2.41 bits per heavy atom. The number of fused-ring (bicyclic) bond motifs is 6. The maximum Gasteiger partial charge on any atom is 0.144 e. The Balaban J connectivity index is 1.45. The molecule has 34 heavy (non-hydrogen) atoms. The maximum absolute atomic E-state index is 6.53. The van der Waals surface area contributed by atoms with Crippen LogP contribution in [0.15, 0.2) is 108 Å². The monoisotopic (exact) mass is 436 g/mol. The molecule has 0 fully saturated rings. The molecule has 7 aromatic rings. The Morgan fingerprint density at radius 1 is 0.588 bits per heavy atom. The zero-order valence-electron chi connectivity index (χ0n) is 18.6. The van der Waals surface area contributed by atoms with Crippen molar-refractivity contribution < 1.29 is 4.42 Å². The number of para-hydroxylation sites is 1. The van der Waals surface area contributed by atoms with Gasteiger partial charge in [-0.15, -0.1) is 0 Å². The van der Waals surface area contributed by atoms with Gasteiger partial charge < -0.3 is 4.42 Å². The smallest absolute Gasteiger partial charge is 0.144 e. The number of hydrogen-bond donors (Lipinski definition) is 0. The third kappa shape index (κ3) is 2.77. The van der Waals surface area contributed by atoms with E-state index in [1.165, 1.54) is 21.9 Å². The molecule has 0 atom stereocenters. The zero-order chi connectivity index (χ0) is 22.6. The number of pyridine rings is 2. The van der Waals surface area contributed by atoms with E-state index in [4.69, 9.17) is 9.40 Å². The molecule has 0 aliphatic heterocycles. The molecule has 3 heterocycles.